The van der Waals surface area contributed by atoms with E-state index in [1.807, 2.05) is 6.92 Å². The third-order valence-corrected chi connectivity index (χ3v) is 4.28. The molecule has 1 unspecified atom stereocenters. The van der Waals surface area contributed by atoms with Crippen molar-refractivity contribution in [3.05, 3.63) is 0 Å². The van der Waals surface area contributed by atoms with Gasteiger partial charge in [0.2, 0.25) is 0 Å². The van der Waals surface area contributed by atoms with Crippen LogP contribution in [0.5, 0.6) is 0 Å². The van der Waals surface area contributed by atoms with E-state index in [1.165, 1.54) is 19.4 Å². The molecule has 15 heavy (non-hydrogen) atoms. The average molecular weight is 278 g/mol. The second-order valence-electron chi connectivity index (χ2n) is 5.11. The number of aliphatic hydroxyl groups is 1. The minimum atomic E-state index is -0.412. The first kappa shape index (κ1) is 13.5. The van der Waals surface area contributed by atoms with E-state index in [4.69, 9.17) is 0 Å². The molecule has 0 aliphatic carbocycles. The summed E-state index contributed by atoms with van der Waals surface area (Å²) < 4.78 is 0. The fourth-order valence-electron chi connectivity index (χ4n) is 2.21. The number of piperidine rings is 1. The van der Waals surface area contributed by atoms with Gasteiger partial charge in [0.1, 0.15) is 0 Å². The molecule has 1 heterocycles. The van der Waals surface area contributed by atoms with Crippen LogP contribution >= 0.6 is 15.9 Å². The first-order valence-electron chi connectivity index (χ1n) is 6.08. The minimum absolute atomic E-state index is 0.412. The van der Waals surface area contributed by atoms with E-state index in [2.05, 4.69) is 27.8 Å². The maximum absolute atomic E-state index is 9.85. The number of likely N-dealkylation sites (tertiary alicyclic amines) is 1. The Morgan fingerprint density at radius 2 is 2.00 bits per heavy atom. The van der Waals surface area contributed by atoms with Gasteiger partial charge in [-0.15, -0.1) is 0 Å². The lowest BCUT2D eigenvalue weighted by Crippen LogP contribution is -2.44. The Morgan fingerprint density at radius 1 is 1.40 bits per heavy atom. The monoisotopic (exact) mass is 277 g/mol. The Labute approximate surface area is 102 Å². The van der Waals surface area contributed by atoms with Crippen molar-refractivity contribution in [3.63, 3.8) is 0 Å². The van der Waals surface area contributed by atoms with E-state index in [-0.39, 0.29) is 0 Å². The lowest BCUT2D eigenvalue weighted by atomic mass is 9.93. The van der Waals surface area contributed by atoms with Crippen molar-refractivity contribution in [2.24, 2.45) is 5.92 Å². The molecule has 0 aromatic carbocycles. The van der Waals surface area contributed by atoms with Crippen molar-refractivity contribution in [2.45, 2.75) is 45.1 Å². The molecule has 3 heteroatoms. The van der Waals surface area contributed by atoms with Gasteiger partial charge in [-0.25, -0.2) is 0 Å². The molecule has 1 aliphatic rings. The molecule has 1 N–H and O–H groups in total. The van der Waals surface area contributed by atoms with Crippen molar-refractivity contribution < 1.29 is 5.11 Å². The third-order valence-electron chi connectivity index (χ3n) is 3.36. The number of halogens is 1. The molecule has 1 fully saturated rings. The Kier molecular flexibility index (Phi) is 5.58. The first-order valence-corrected chi connectivity index (χ1v) is 7.20. The number of hydrogen-bond acceptors (Lipinski definition) is 2. The van der Waals surface area contributed by atoms with Crippen molar-refractivity contribution >= 4 is 15.9 Å². The maximum atomic E-state index is 9.85. The largest absolute Gasteiger partial charge is 0.390 e. The molecule has 0 saturated carbocycles. The van der Waals surface area contributed by atoms with Crippen LogP contribution in [0.15, 0.2) is 0 Å². The highest BCUT2D eigenvalue weighted by molar-refractivity contribution is 9.09. The van der Waals surface area contributed by atoms with Crippen LogP contribution in [0.1, 0.15) is 39.5 Å². The van der Waals surface area contributed by atoms with E-state index < -0.39 is 5.60 Å². The Morgan fingerprint density at radius 3 is 2.47 bits per heavy atom. The summed E-state index contributed by atoms with van der Waals surface area (Å²) in [6, 6.07) is 0. The topological polar surface area (TPSA) is 23.5 Å². The summed E-state index contributed by atoms with van der Waals surface area (Å²) in [6.07, 6.45) is 4.42. The number of alkyl halides is 1. The molecule has 0 aromatic heterocycles. The molecular weight excluding hydrogens is 254 g/mol. The van der Waals surface area contributed by atoms with Crippen molar-refractivity contribution in [3.8, 4) is 0 Å². The number of nitrogens with zero attached hydrogens (tertiary/aromatic N) is 1. The van der Waals surface area contributed by atoms with Gasteiger partial charge in [-0.1, -0.05) is 29.3 Å². The molecule has 2 nitrogen and oxygen atoms in total. The molecule has 0 radical (unpaired) electrons. The van der Waals surface area contributed by atoms with E-state index in [9.17, 15) is 5.11 Å². The van der Waals surface area contributed by atoms with Gasteiger partial charge >= 0.3 is 0 Å². The molecule has 0 aromatic rings. The highest BCUT2D eigenvalue weighted by atomic mass is 79.9. The van der Waals surface area contributed by atoms with Gasteiger partial charge < -0.3 is 10.0 Å². The third kappa shape index (κ3) is 4.83. The lowest BCUT2D eigenvalue weighted by Gasteiger charge is -2.37. The average Bonchev–Trinajstić information content (AvgIpc) is 2.20. The number of hydrogen-bond donors (Lipinski definition) is 1. The van der Waals surface area contributed by atoms with Crippen molar-refractivity contribution in [1.82, 2.24) is 4.90 Å². The Balaban J connectivity index is 2.28. The fourth-order valence-corrected chi connectivity index (χ4v) is 2.74. The molecule has 90 valence electrons. The van der Waals surface area contributed by atoms with Crippen LogP contribution in [0.3, 0.4) is 0 Å². The van der Waals surface area contributed by atoms with Crippen LogP contribution in [0.4, 0.5) is 0 Å². The Hall–Kier alpha value is 0.400. The zero-order valence-electron chi connectivity index (χ0n) is 10.0. The van der Waals surface area contributed by atoms with Gasteiger partial charge in [0, 0.05) is 25.0 Å². The summed E-state index contributed by atoms with van der Waals surface area (Å²) in [5.41, 5.74) is -0.412. The second kappa shape index (κ2) is 6.21. The van der Waals surface area contributed by atoms with Gasteiger partial charge in [0.15, 0.2) is 0 Å². The van der Waals surface area contributed by atoms with Gasteiger partial charge in [0.25, 0.3) is 0 Å². The molecule has 1 rings (SSSR count). The summed E-state index contributed by atoms with van der Waals surface area (Å²) in [4.78, 5) is 2.50. The summed E-state index contributed by atoms with van der Waals surface area (Å²) in [5.74, 6) is 0.776. The highest BCUT2D eigenvalue weighted by Crippen LogP contribution is 2.22. The SMILES string of the molecule is CCCC(CBr)CN1CCC(C)(O)CC1. The van der Waals surface area contributed by atoms with Crippen LogP contribution in [-0.2, 0) is 0 Å². The predicted molar refractivity (Wildman–Crippen MR) is 68.5 cm³/mol. The summed E-state index contributed by atoms with van der Waals surface area (Å²) in [6.45, 7) is 7.50. The van der Waals surface area contributed by atoms with E-state index in [1.54, 1.807) is 0 Å². The van der Waals surface area contributed by atoms with Gasteiger partial charge in [0.05, 0.1) is 5.60 Å². The maximum Gasteiger partial charge on any atom is 0.0644 e. The second-order valence-corrected chi connectivity index (χ2v) is 5.75. The standard InChI is InChI=1S/C12H24BrNO/c1-3-4-11(9-13)10-14-7-5-12(2,15)6-8-14/h11,15H,3-10H2,1-2H3. The summed E-state index contributed by atoms with van der Waals surface area (Å²) >= 11 is 3.59. The van der Waals surface area contributed by atoms with E-state index >= 15 is 0 Å². The zero-order valence-corrected chi connectivity index (χ0v) is 11.6. The predicted octanol–water partition coefficient (Wildman–Crippen LogP) is 2.64. The van der Waals surface area contributed by atoms with E-state index in [0.717, 1.165) is 37.2 Å². The smallest absolute Gasteiger partial charge is 0.0644 e. The summed E-state index contributed by atoms with van der Waals surface area (Å²) in [7, 11) is 0. The van der Waals surface area contributed by atoms with Crippen molar-refractivity contribution in [2.75, 3.05) is 25.0 Å². The van der Waals surface area contributed by atoms with Gasteiger partial charge in [-0.3, -0.25) is 0 Å². The minimum Gasteiger partial charge on any atom is -0.390 e. The van der Waals surface area contributed by atoms with Gasteiger partial charge in [-0.2, -0.15) is 0 Å². The van der Waals surface area contributed by atoms with Crippen LogP contribution in [0.2, 0.25) is 0 Å². The van der Waals surface area contributed by atoms with E-state index in [0.29, 0.717) is 0 Å². The normalized spacial score (nSPS) is 24.0. The molecule has 0 spiro atoms. The molecule has 1 saturated heterocycles. The first-order chi connectivity index (χ1) is 7.07. The molecule has 1 aliphatic heterocycles. The Bertz CT molecular complexity index is 174. The highest BCUT2D eigenvalue weighted by Gasteiger charge is 2.27. The molecular formula is C12H24BrNO. The van der Waals surface area contributed by atoms with Crippen LogP contribution < -0.4 is 0 Å². The summed E-state index contributed by atoms with van der Waals surface area (Å²) in [5, 5.41) is 11.0. The van der Waals surface area contributed by atoms with Crippen LogP contribution in [0, 0.1) is 5.92 Å². The van der Waals surface area contributed by atoms with Gasteiger partial charge in [-0.05, 0) is 32.1 Å². The van der Waals surface area contributed by atoms with Crippen LogP contribution in [-0.4, -0.2) is 40.6 Å². The number of rotatable bonds is 5. The molecule has 1 atom stereocenters. The molecule has 0 amide bonds. The fraction of sp³-hybridized carbons (Fsp3) is 1.00. The molecule has 0 bridgehead atoms. The quantitative estimate of drug-likeness (QED) is 0.781. The van der Waals surface area contributed by atoms with Crippen LogP contribution in [0.25, 0.3) is 0 Å². The lowest BCUT2D eigenvalue weighted by molar-refractivity contribution is -0.00825. The zero-order chi connectivity index (χ0) is 11.3. The van der Waals surface area contributed by atoms with Crippen molar-refractivity contribution in [1.29, 1.82) is 0 Å².